The van der Waals surface area contributed by atoms with E-state index in [-0.39, 0.29) is 23.5 Å². The summed E-state index contributed by atoms with van der Waals surface area (Å²) in [5, 5.41) is 0.624. The van der Waals surface area contributed by atoms with Crippen LogP contribution >= 0.6 is 11.6 Å². The summed E-state index contributed by atoms with van der Waals surface area (Å²) in [4.78, 5) is 19.2. The molecular formula is C18H17ClN2OSe2. The van der Waals surface area contributed by atoms with Gasteiger partial charge in [-0.3, -0.25) is 0 Å². The monoisotopic (exact) mass is 472 g/mol. The Kier molecular flexibility index (Phi) is 5.49. The van der Waals surface area contributed by atoms with Gasteiger partial charge in [0, 0.05) is 0 Å². The zero-order chi connectivity index (χ0) is 17.2. The molecule has 6 heteroatoms. The molecular weight excluding hydrogens is 454 g/mol. The second kappa shape index (κ2) is 7.43. The first-order valence-electron chi connectivity index (χ1n) is 7.51. The van der Waals surface area contributed by atoms with Gasteiger partial charge in [-0.2, -0.15) is 0 Å². The summed E-state index contributed by atoms with van der Waals surface area (Å²) < 4.78 is 1.04. The summed E-state index contributed by atoms with van der Waals surface area (Å²) in [5.41, 5.74) is 1.82. The molecule has 3 nitrogen and oxygen atoms in total. The first-order chi connectivity index (χ1) is 11.5. The first-order valence-corrected chi connectivity index (χ1v) is 13.9. The fourth-order valence-corrected chi connectivity index (χ4v) is 10.3. The molecule has 2 aromatic rings. The van der Waals surface area contributed by atoms with Crippen LogP contribution in [-0.2, 0) is 6.54 Å². The van der Waals surface area contributed by atoms with E-state index in [2.05, 4.69) is 35.9 Å². The van der Waals surface area contributed by atoms with E-state index in [9.17, 15) is 4.79 Å². The Balaban J connectivity index is 1.85. The quantitative estimate of drug-likeness (QED) is 0.644. The Bertz CT molecular complexity index is 760. The van der Waals surface area contributed by atoms with Crippen LogP contribution in [-0.4, -0.2) is 46.2 Å². The van der Waals surface area contributed by atoms with E-state index in [1.807, 2.05) is 18.2 Å². The van der Waals surface area contributed by atoms with Crippen molar-refractivity contribution in [3.8, 4) is 0 Å². The second-order valence-electron chi connectivity index (χ2n) is 5.89. The van der Waals surface area contributed by atoms with Gasteiger partial charge in [-0.1, -0.05) is 0 Å². The molecule has 2 aromatic carbocycles. The van der Waals surface area contributed by atoms with E-state index in [1.54, 1.807) is 24.3 Å². The molecule has 0 atom stereocenters. The van der Waals surface area contributed by atoms with Crippen molar-refractivity contribution in [1.29, 1.82) is 0 Å². The zero-order valence-corrected chi connectivity index (χ0v) is 17.6. The first kappa shape index (κ1) is 17.7. The number of benzene rings is 2. The van der Waals surface area contributed by atoms with Crippen molar-refractivity contribution in [3.63, 3.8) is 0 Å². The number of rotatable bonds is 3. The normalized spacial score (nSPS) is 18.1. The van der Waals surface area contributed by atoms with Crippen molar-refractivity contribution in [2.24, 2.45) is 4.99 Å². The number of amidine groups is 1. The van der Waals surface area contributed by atoms with Crippen molar-refractivity contribution >= 4 is 48.5 Å². The van der Waals surface area contributed by atoms with Crippen molar-refractivity contribution in [1.82, 2.24) is 4.90 Å². The fraction of sp³-hybridized carbons (Fsp3) is 0.222. The van der Waals surface area contributed by atoms with Gasteiger partial charge in [-0.25, -0.2) is 0 Å². The van der Waals surface area contributed by atoms with Crippen LogP contribution in [0.3, 0.4) is 0 Å². The molecule has 0 bridgehead atoms. The van der Waals surface area contributed by atoms with Gasteiger partial charge in [0.1, 0.15) is 0 Å². The molecule has 0 N–H and O–H groups in total. The van der Waals surface area contributed by atoms with Gasteiger partial charge in [0.2, 0.25) is 0 Å². The Morgan fingerprint density at radius 1 is 1.12 bits per heavy atom. The van der Waals surface area contributed by atoms with Crippen LogP contribution in [0, 0.1) is 0 Å². The molecule has 0 aromatic heterocycles. The van der Waals surface area contributed by atoms with E-state index in [0.717, 1.165) is 11.3 Å². The summed E-state index contributed by atoms with van der Waals surface area (Å²) in [6, 6.07) is 17.3. The molecule has 124 valence electrons. The standard InChI is InChI=1S/C18H17ClN2OSe2/c1-18(2)21(12-13-6-4-3-5-7-13)17(23-24-18)20-16(22)14-8-10-15(19)11-9-14/h3-11H,12H2,1-2H3. The molecule has 24 heavy (non-hydrogen) atoms. The van der Waals surface area contributed by atoms with E-state index in [0.29, 0.717) is 23.7 Å². The molecule has 3 rings (SSSR count). The van der Waals surface area contributed by atoms with E-state index in [4.69, 9.17) is 11.6 Å². The van der Waals surface area contributed by atoms with Crippen molar-refractivity contribution in [2.75, 3.05) is 0 Å². The number of amides is 1. The van der Waals surface area contributed by atoms with Crippen LogP contribution in [0.4, 0.5) is 0 Å². The van der Waals surface area contributed by atoms with Crippen LogP contribution in [0.2, 0.25) is 5.02 Å². The maximum atomic E-state index is 12.5. The number of nitrogens with zero attached hydrogens (tertiary/aromatic N) is 2. The Morgan fingerprint density at radius 2 is 1.79 bits per heavy atom. The number of hydrogen-bond donors (Lipinski definition) is 0. The van der Waals surface area contributed by atoms with Gasteiger partial charge in [-0.05, 0) is 0 Å². The Morgan fingerprint density at radius 3 is 2.46 bits per heavy atom. The minimum atomic E-state index is -0.185. The molecule has 1 fully saturated rings. The molecule has 1 saturated heterocycles. The van der Waals surface area contributed by atoms with Crippen molar-refractivity contribution in [2.45, 2.75) is 24.8 Å². The average Bonchev–Trinajstić information content (AvgIpc) is 2.84. The zero-order valence-electron chi connectivity index (χ0n) is 13.4. The van der Waals surface area contributed by atoms with E-state index in [1.165, 1.54) is 5.56 Å². The maximum absolute atomic E-state index is 12.5. The van der Waals surface area contributed by atoms with Gasteiger partial charge in [0.25, 0.3) is 0 Å². The van der Waals surface area contributed by atoms with E-state index >= 15 is 0 Å². The van der Waals surface area contributed by atoms with Crippen LogP contribution in [0.1, 0.15) is 29.8 Å². The van der Waals surface area contributed by atoms with Gasteiger partial charge in [0.15, 0.2) is 0 Å². The third-order valence-electron chi connectivity index (χ3n) is 3.67. The summed E-state index contributed by atoms with van der Waals surface area (Å²) in [6.45, 7) is 5.28. The topological polar surface area (TPSA) is 32.7 Å². The number of halogens is 1. The molecule has 1 aliphatic heterocycles. The van der Waals surface area contributed by atoms with Crippen molar-refractivity contribution in [3.05, 3.63) is 70.7 Å². The predicted molar refractivity (Wildman–Crippen MR) is 101 cm³/mol. The van der Waals surface area contributed by atoms with Crippen LogP contribution in [0.25, 0.3) is 0 Å². The van der Waals surface area contributed by atoms with Crippen LogP contribution in [0.5, 0.6) is 0 Å². The molecule has 0 saturated carbocycles. The molecule has 1 aliphatic rings. The average molecular weight is 471 g/mol. The minimum absolute atomic E-state index is 0.0853. The number of carbonyl (C=O) groups is 1. The van der Waals surface area contributed by atoms with Gasteiger partial charge in [-0.15, -0.1) is 0 Å². The fourth-order valence-electron chi connectivity index (χ4n) is 2.31. The number of hydrogen-bond acceptors (Lipinski definition) is 1. The summed E-state index contributed by atoms with van der Waals surface area (Å²) in [7, 11) is 0. The summed E-state index contributed by atoms with van der Waals surface area (Å²) >= 11 is 6.61. The second-order valence-corrected chi connectivity index (χ2v) is 13.5. The molecule has 0 unspecified atom stereocenters. The van der Waals surface area contributed by atoms with Crippen molar-refractivity contribution < 1.29 is 4.79 Å². The third kappa shape index (κ3) is 4.11. The molecule has 0 aliphatic carbocycles. The predicted octanol–water partition coefficient (Wildman–Crippen LogP) is 3.41. The Labute approximate surface area is 158 Å². The Hall–Kier alpha value is -1.09. The van der Waals surface area contributed by atoms with Gasteiger partial charge >= 0.3 is 159 Å². The number of carbonyl (C=O) groups excluding carboxylic acids is 1. The number of aliphatic imine (C=N–C) groups is 1. The molecule has 0 radical (unpaired) electrons. The molecule has 1 amide bonds. The van der Waals surface area contributed by atoms with E-state index < -0.39 is 0 Å². The summed E-state index contributed by atoms with van der Waals surface area (Å²) in [5.74, 6) is -0.185. The third-order valence-corrected chi connectivity index (χ3v) is 13.4. The molecule has 0 spiro atoms. The van der Waals surface area contributed by atoms with Crippen LogP contribution < -0.4 is 0 Å². The molecule has 1 heterocycles. The SMILES string of the molecule is CC1(C)[Se][Se]C(=NC(=O)c2ccc(Cl)cc2)N1Cc1ccccc1. The van der Waals surface area contributed by atoms with Gasteiger partial charge < -0.3 is 0 Å². The summed E-state index contributed by atoms with van der Waals surface area (Å²) in [6.07, 6.45) is 0. The van der Waals surface area contributed by atoms with Gasteiger partial charge in [0.05, 0.1) is 0 Å². The van der Waals surface area contributed by atoms with Crippen LogP contribution in [0.15, 0.2) is 59.6 Å².